The average molecular weight is 290 g/mol. The summed E-state index contributed by atoms with van der Waals surface area (Å²) in [4.78, 5) is 11.7. The Morgan fingerprint density at radius 2 is 1.85 bits per heavy atom. The number of para-hydroxylation sites is 1. The fourth-order valence-corrected chi connectivity index (χ4v) is 1.95. The van der Waals surface area contributed by atoms with Crippen molar-refractivity contribution in [1.82, 2.24) is 5.32 Å². The zero-order valence-electron chi connectivity index (χ0n) is 11.2. The summed E-state index contributed by atoms with van der Waals surface area (Å²) >= 11 is 5.94. The minimum Gasteiger partial charge on any atom is -0.482 e. The monoisotopic (exact) mass is 289 g/mol. The van der Waals surface area contributed by atoms with E-state index >= 15 is 0 Å². The number of nitrogens with one attached hydrogen (secondary N) is 1. The molecule has 3 nitrogen and oxygen atoms in total. The maximum Gasteiger partial charge on any atom is 0.258 e. The molecule has 2 aromatic carbocycles. The van der Waals surface area contributed by atoms with E-state index in [0.717, 1.165) is 11.1 Å². The van der Waals surface area contributed by atoms with Crippen LogP contribution in [0.4, 0.5) is 0 Å². The molecule has 0 radical (unpaired) electrons. The van der Waals surface area contributed by atoms with E-state index in [-0.39, 0.29) is 12.5 Å². The fourth-order valence-electron chi connectivity index (χ4n) is 1.76. The molecule has 0 spiro atoms. The molecule has 0 heterocycles. The number of carbonyl (C=O) groups is 1. The lowest BCUT2D eigenvalue weighted by atomic mass is 10.1. The Hall–Kier alpha value is -2.00. The van der Waals surface area contributed by atoms with Crippen LogP contribution in [0.1, 0.15) is 11.1 Å². The van der Waals surface area contributed by atoms with Gasteiger partial charge in [-0.25, -0.2) is 0 Å². The van der Waals surface area contributed by atoms with Crippen molar-refractivity contribution in [1.29, 1.82) is 0 Å². The van der Waals surface area contributed by atoms with Gasteiger partial charge >= 0.3 is 0 Å². The second-order valence-electron chi connectivity index (χ2n) is 4.42. The van der Waals surface area contributed by atoms with Crippen molar-refractivity contribution in [3.05, 3.63) is 64.7 Å². The average Bonchev–Trinajstić information content (AvgIpc) is 2.45. The summed E-state index contributed by atoms with van der Waals surface area (Å²) in [5.74, 6) is 0.341. The van der Waals surface area contributed by atoms with E-state index in [4.69, 9.17) is 16.3 Å². The summed E-state index contributed by atoms with van der Waals surface area (Å²) in [5.41, 5.74) is 2.25. The van der Waals surface area contributed by atoms with E-state index in [1.807, 2.05) is 43.3 Å². The number of hydrogen-bond donors (Lipinski definition) is 1. The van der Waals surface area contributed by atoms with Crippen LogP contribution >= 0.6 is 11.6 Å². The van der Waals surface area contributed by atoms with E-state index in [1.165, 1.54) is 0 Å². The van der Waals surface area contributed by atoms with Crippen molar-refractivity contribution in [2.24, 2.45) is 0 Å². The molecule has 0 atom stereocenters. The van der Waals surface area contributed by atoms with Crippen molar-refractivity contribution < 1.29 is 9.53 Å². The Kier molecular flexibility index (Phi) is 5.02. The lowest BCUT2D eigenvalue weighted by Crippen LogP contribution is -2.28. The predicted molar refractivity (Wildman–Crippen MR) is 80.0 cm³/mol. The van der Waals surface area contributed by atoms with Crippen molar-refractivity contribution in [3.8, 4) is 5.75 Å². The van der Waals surface area contributed by atoms with Gasteiger partial charge in [-0.2, -0.15) is 0 Å². The van der Waals surface area contributed by atoms with Crippen LogP contribution in [-0.2, 0) is 11.3 Å². The summed E-state index contributed by atoms with van der Waals surface area (Å²) in [6.07, 6.45) is 0. The molecule has 2 aromatic rings. The Bertz CT molecular complexity index is 547. The van der Waals surface area contributed by atoms with Gasteiger partial charge in [-0.1, -0.05) is 48.0 Å². The third kappa shape index (κ3) is 4.00. The van der Waals surface area contributed by atoms with E-state index < -0.39 is 0 Å². The minimum atomic E-state index is -0.173. The quantitative estimate of drug-likeness (QED) is 0.917. The molecule has 0 aliphatic carbocycles. The first-order valence-electron chi connectivity index (χ1n) is 6.35. The van der Waals surface area contributed by atoms with E-state index in [0.29, 0.717) is 17.3 Å². The number of ether oxygens (including phenoxy) is 1. The van der Waals surface area contributed by atoms with Crippen LogP contribution in [-0.4, -0.2) is 12.5 Å². The number of rotatable bonds is 5. The van der Waals surface area contributed by atoms with Gasteiger partial charge in [-0.3, -0.25) is 4.79 Å². The van der Waals surface area contributed by atoms with E-state index in [1.54, 1.807) is 12.1 Å². The number of amides is 1. The predicted octanol–water partition coefficient (Wildman–Crippen LogP) is 3.34. The first-order chi connectivity index (χ1) is 9.66. The van der Waals surface area contributed by atoms with Gasteiger partial charge in [0.2, 0.25) is 0 Å². The molecule has 0 bridgehead atoms. The van der Waals surface area contributed by atoms with Crippen molar-refractivity contribution in [2.45, 2.75) is 13.5 Å². The van der Waals surface area contributed by atoms with Gasteiger partial charge in [0.25, 0.3) is 5.91 Å². The standard InChI is InChI=1S/C16H16ClNO2/c1-12-6-2-3-7-13(12)10-18-16(19)11-20-15-9-5-4-8-14(15)17/h2-9H,10-11H2,1H3,(H,18,19). The van der Waals surface area contributed by atoms with Gasteiger partial charge in [-0.05, 0) is 30.2 Å². The highest BCUT2D eigenvalue weighted by atomic mass is 35.5. The second-order valence-corrected chi connectivity index (χ2v) is 4.83. The molecule has 4 heteroatoms. The molecule has 104 valence electrons. The van der Waals surface area contributed by atoms with Crippen LogP contribution in [0.2, 0.25) is 5.02 Å². The maximum atomic E-state index is 11.7. The van der Waals surface area contributed by atoms with Gasteiger partial charge < -0.3 is 10.1 Å². The van der Waals surface area contributed by atoms with Gasteiger partial charge in [0.15, 0.2) is 6.61 Å². The molecule has 1 N–H and O–H groups in total. The van der Waals surface area contributed by atoms with Gasteiger partial charge in [0, 0.05) is 6.54 Å². The summed E-state index contributed by atoms with van der Waals surface area (Å²) in [7, 11) is 0. The van der Waals surface area contributed by atoms with E-state index in [2.05, 4.69) is 5.32 Å². The van der Waals surface area contributed by atoms with Crippen LogP contribution < -0.4 is 10.1 Å². The summed E-state index contributed by atoms with van der Waals surface area (Å²) in [6.45, 7) is 2.47. The highest BCUT2D eigenvalue weighted by Gasteiger charge is 2.05. The molecule has 0 aliphatic rings. The van der Waals surface area contributed by atoms with Crippen molar-refractivity contribution >= 4 is 17.5 Å². The van der Waals surface area contributed by atoms with Crippen LogP contribution in [0.25, 0.3) is 0 Å². The Balaban J connectivity index is 1.82. The molecular formula is C16H16ClNO2. The van der Waals surface area contributed by atoms with E-state index in [9.17, 15) is 4.79 Å². The number of halogens is 1. The first kappa shape index (κ1) is 14.4. The molecule has 0 saturated carbocycles. The van der Waals surface area contributed by atoms with Crippen molar-refractivity contribution in [3.63, 3.8) is 0 Å². The molecule has 20 heavy (non-hydrogen) atoms. The zero-order chi connectivity index (χ0) is 14.4. The number of aryl methyl sites for hydroxylation is 1. The summed E-state index contributed by atoms with van der Waals surface area (Å²) < 4.78 is 5.37. The Morgan fingerprint density at radius 3 is 2.60 bits per heavy atom. The Morgan fingerprint density at radius 1 is 1.15 bits per heavy atom. The largest absolute Gasteiger partial charge is 0.482 e. The smallest absolute Gasteiger partial charge is 0.258 e. The normalized spacial score (nSPS) is 10.1. The summed E-state index contributed by atoms with van der Waals surface area (Å²) in [5, 5.41) is 3.32. The number of hydrogen-bond acceptors (Lipinski definition) is 2. The number of benzene rings is 2. The molecule has 0 fully saturated rings. The van der Waals surface area contributed by atoms with Gasteiger partial charge in [0.05, 0.1) is 5.02 Å². The summed E-state index contributed by atoms with van der Waals surface area (Å²) in [6, 6.07) is 15.0. The molecule has 1 amide bonds. The van der Waals surface area contributed by atoms with Crippen LogP contribution in [0, 0.1) is 6.92 Å². The molecule has 2 rings (SSSR count). The maximum absolute atomic E-state index is 11.7. The first-order valence-corrected chi connectivity index (χ1v) is 6.73. The molecule has 0 unspecified atom stereocenters. The highest BCUT2D eigenvalue weighted by Crippen LogP contribution is 2.22. The highest BCUT2D eigenvalue weighted by molar-refractivity contribution is 6.32. The molecule has 0 aromatic heterocycles. The molecule has 0 aliphatic heterocycles. The lowest BCUT2D eigenvalue weighted by Gasteiger charge is -2.09. The number of carbonyl (C=O) groups excluding carboxylic acids is 1. The Labute approximate surface area is 123 Å². The zero-order valence-corrected chi connectivity index (χ0v) is 12.0. The topological polar surface area (TPSA) is 38.3 Å². The third-order valence-corrected chi connectivity index (χ3v) is 3.24. The minimum absolute atomic E-state index is 0.0460. The van der Waals surface area contributed by atoms with Gasteiger partial charge in [-0.15, -0.1) is 0 Å². The fraction of sp³-hybridized carbons (Fsp3) is 0.188. The van der Waals surface area contributed by atoms with Crippen molar-refractivity contribution in [2.75, 3.05) is 6.61 Å². The third-order valence-electron chi connectivity index (χ3n) is 2.93. The van der Waals surface area contributed by atoms with Crippen LogP contribution in [0.15, 0.2) is 48.5 Å². The molecular weight excluding hydrogens is 274 g/mol. The molecule has 0 saturated heterocycles. The van der Waals surface area contributed by atoms with Crippen LogP contribution in [0.5, 0.6) is 5.75 Å². The van der Waals surface area contributed by atoms with Crippen LogP contribution in [0.3, 0.4) is 0 Å². The second kappa shape index (κ2) is 6.96. The SMILES string of the molecule is Cc1ccccc1CNC(=O)COc1ccccc1Cl. The lowest BCUT2D eigenvalue weighted by molar-refractivity contribution is -0.123. The van der Waals surface area contributed by atoms with Gasteiger partial charge in [0.1, 0.15) is 5.75 Å².